The fourth-order valence-corrected chi connectivity index (χ4v) is 3.52. The number of carbonyl (C=O) groups excluding carboxylic acids is 2. The second-order valence-electron chi connectivity index (χ2n) is 6.17. The highest BCUT2D eigenvalue weighted by Crippen LogP contribution is 2.31. The normalized spacial score (nSPS) is 12.0. The summed E-state index contributed by atoms with van der Waals surface area (Å²) in [5.41, 5.74) is 3.81. The molecule has 10 nitrogen and oxygen atoms in total. The van der Waals surface area contributed by atoms with E-state index in [4.69, 9.17) is 9.47 Å². The molecule has 0 aliphatic carbocycles. The van der Waals surface area contributed by atoms with E-state index in [1.807, 2.05) is 12.1 Å². The van der Waals surface area contributed by atoms with Gasteiger partial charge in [-0.15, -0.1) is 10.2 Å². The molecule has 1 aliphatic heterocycles. The van der Waals surface area contributed by atoms with Gasteiger partial charge in [-0.1, -0.05) is 27.3 Å². The van der Waals surface area contributed by atoms with Crippen LogP contribution in [0.2, 0.25) is 0 Å². The van der Waals surface area contributed by atoms with Crippen LogP contribution in [0, 0.1) is 0 Å². The van der Waals surface area contributed by atoms with Crippen molar-refractivity contribution in [3.63, 3.8) is 0 Å². The van der Waals surface area contributed by atoms with Crippen LogP contribution in [0.5, 0.6) is 11.5 Å². The van der Waals surface area contributed by atoms with Gasteiger partial charge in [0, 0.05) is 10.2 Å². The molecule has 2 aromatic carbocycles. The van der Waals surface area contributed by atoms with Gasteiger partial charge in [-0.25, -0.2) is 10.2 Å². The highest BCUT2D eigenvalue weighted by atomic mass is 79.9. The van der Waals surface area contributed by atoms with Gasteiger partial charge in [0.1, 0.15) is 5.01 Å². The number of anilines is 2. The Morgan fingerprint density at radius 1 is 1.10 bits per heavy atom. The molecule has 4 rings (SSSR count). The van der Waals surface area contributed by atoms with Gasteiger partial charge in [0.25, 0.3) is 0 Å². The summed E-state index contributed by atoms with van der Waals surface area (Å²) < 4.78 is 11.4. The van der Waals surface area contributed by atoms with Gasteiger partial charge in [-0.05, 0) is 48.0 Å². The molecule has 0 atom stereocenters. The van der Waals surface area contributed by atoms with Crippen molar-refractivity contribution in [2.24, 2.45) is 5.10 Å². The van der Waals surface area contributed by atoms with E-state index < -0.39 is 6.03 Å². The standard InChI is InChI=1S/C19H15BrN6O4S/c20-12-2-4-13(5-3-12)22-18(28)23-19-26-25-17(31-19)8-16(27)24-21-9-11-1-6-14-15(7-11)30-10-29-14/h1-7,9H,8,10H2,(H,24,27)(H2,22,23,26,28)/b21-9-. The summed E-state index contributed by atoms with van der Waals surface area (Å²) >= 11 is 4.43. The minimum Gasteiger partial charge on any atom is -0.454 e. The first kappa shape index (κ1) is 20.8. The van der Waals surface area contributed by atoms with E-state index in [0.29, 0.717) is 22.2 Å². The number of nitrogens with one attached hydrogen (secondary N) is 3. The van der Waals surface area contributed by atoms with Gasteiger partial charge in [0.15, 0.2) is 11.5 Å². The van der Waals surface area contributed by atoms with Crippen LogP contribution in [0.25, 0.3) is 0 Å². The molecule has 0 unspecified atom stereocenters. The number of carbonyl (C=O) groups is 2. The van der Waals surface area contributed by atoms with Crippen LogP contribution in [0.1, 0.15) is 10.6 Å². The third kappa shape index (κ3) is 5.77. The van der Waals surface area contributed by atoms with E-state index in [-0.39, 0.29) is 24.3 Å². The Hall–Kier alpha value is -3.51. The minimum absolute atomic E-state index is 0.0217. The molecule has 0 saturated heterocycles. The number of ether oxygens (including phenoxy) is 2. The zero-order chi connectivity index (χ0) is 21.6. The Morgan fingerprint density at radius 2 is 1.90 bits per heavy atom. The molecular formula is C19H15BrN6O4S. The predicted octanol–water partition coefficient (Wildman–Crippen LogP) is 3.37. The van der Waals surface area contributed by atoms with Gasteiger partial charge in [0.2, 0.25) is 17.8 Å². The summed E-state index contributed by atoms with van der Waals surface area (Å²) in [4.78, 5) is 24.1. The molecule has 1 aliphatic rings. The van der Waals surface area contributed by atoms with Crippen LogP contribution < -0.4 is 25.5 Å². The van der Waals surface area contributed by atoms with Gasteiger partial charge in [-0.3, -0.25) is 10.1 Å². The number of halogens is 1. The Morgan fingerprint density at radius 3 is 2.74 bits per heavy atom. The zero-order valence-corrected chi connectivity index (χ0v) is 18.2. The maximum atomic E-state index is 12.1. The molecule has 0 bridgehead atoms. The SMILES string of the molecule is O=C(Cc1nnc(NC(=O)Nc2ccc(Br)cc2)s1)N/N=C\c1ccc2c(c1)OCO2. The fraction of sp³-hybridized carbons (Fsp3) is 0.105. The minimum atomic E-state index is -0.456. The number of nitrogens with zero attached hydrogens (tertiary/aromatic N) is 3. The number of rotatable bonds is 6. The summed E-state index contributed by atoms with van der Waals surface area (Å²) in [5, 5.41) is 17.7. The highest BCUT2D eigenvalue weighted by molar-refractivity contribution is 9.10. The van der Waals surface area contributed by atoms with Gasteiger partial charge in [0.05, 0.1) is 12.6 Å². The number of hydrogen-bond donors (Lipinski definition) is 3. The van der Waals surface area contributed by atoms with Gasteiger partial charge in [-0.2, -0.15) is 5.10 Å². The van der Waals surface area contributed by atoms with E-state index in [2.05, 4.69) is 47.3 Å². The Kier molecular flexibility index (Phi) is 6.38. The van der Waals surface area contributed by atoms with Crippen molar-refractivity contribution < 1.29 is 19.1 Å². The largest absolute Gasteiger partial charge is 0.454 e. The smallest absolute Gasteiger partial charge is 0.325 e. The average Bonchev–Trinajstić information content (AvgIpc) is 3.38. The molecule has 1 aromatic heterocycles. The fourth-order valence-electron chi connectivity index (χ4n) is 2.52. The lowest BCUT2D eigenvalue weighted by Gasteiger charge is -2.04. The maximum Gasteiger partial charge on any atom is 0.325 e. The summed E-state index contributed by atoms with van der Waals surface area (Å²) in [6, 6.07) is 12.0. The molecule has 2 heterocycles. The lowest BCUT2D eigenvalue weighted by Crippen LogP contribution is -2.19. The third-order valence-electron chi connectivity index (χ3n) is 3.90. The molecule has 0 radical (unpaired) electrons. The van der Waals surface area contributed by atoms with Crippen molar-refractivity contribution in [2.75, 3.05) is 17.4 Å². The summed E-state index contributed by atoms with van der Waals surface area (Å²) in [6.07, 6.45) is 1.48. The van der Waals surface area contributed by atoms with Crippen molar-refractivity contribution in [3.05, 3.63) is 57.5 Å². The molecule has 0 spiro atoms. The molecule has 31 heavy (non-hydrogen) atoms. The predicted molar refractivity (Wildman–Crippen MR) is 119 cm³/mol. The van der Waals surface area contributed by atoms with Crippen molar-refractivity contribution in [2.45, 2.75) is 6.42 Å². The van der Waals surface area contributed by atoms with Crippen molar-refractivity contribution in [1.29, 1.82) is 0 Å². The molecule has 12 heteroatoms. The molecule has 158 valence electrons. The number of hydrazone groups is 1. The number of amides is 3. The van der Waals surface area contributed by atoms with Gasteiger partial charge >= 0.3 is 6.03 Å². The molecule has 0 saturated carbocycles. The quantitative estimate of drug-likeness (QED) is 0.350. The number of benzene rings is 2. The maximum absolute atomic E-state index is 12.1. The second-order valence-corrected chi connectivity index (χ2v) is 8.15. The Labute approximate surface area is 188 Å². The molecule has 3 N–H and O–H groups in total. The zero-order valence-electron chi connectivity index (χ0n) is 15.8. The second kappa shape index (κ2) is 9.53. The average molecular weight is 503 g/mol. The van der Waals surface area contributed by atoms with Crippen LogP contribution in [-0.4, -0.2) is 35.1 Å². The van der Waals surface area contributed by atoms with Crippen molar-refractivity contribution >= 4 is 56.2 Å². The van der Waals surface area contributed by atoms with Crippen molar-refractivity contribution in [3.8, 4) is 11.5 Å². The number of urea groups is 1. The molecule has 0 fully saturated rings. The number of aromatic nitrogens is 2. The van der Waals surface area contributed by atoms with E-state index in [0.717, 1.165) is 21.4 Å². The molecule has 3 amide bonds. The van der Waals surface area contributed by atoms with Gasteiger partial charge < -0.3 is 14.8 Å². The third-order valence-corrected chi connectivity index (χ3v) is 5.27. The first-order valence-electron chi connectivity index (χ1n) is 8.93. The number of fused-ring (bicyclic) bond motifs is 1. The van der Waals surface area contributed by atoms with E-state index >= 15 is 0 Å². The molecule has 3 aromatic rings. The molecular weight excluding hydrogens is 488 g/mol. The highest BCUT2D eigenvalue weighted by Gasteiger charge is 2.13. The van der Waals surface area contributed by atoms with Crippen LogP contribution in [0.3, 0.4) is 0 Å². The lowest BCUT2D eigenvalue weighted by molar-refractivity contribution is -0.120. The number of hydrogen-bond acceptors (Lipinski definition) is 8. The van der Waals surface area contributed by atoms with E-state index in [1.165, 1.54) is 6.21 Å². The van der Waals surface area contributed by atoms with E-state index in [1.54, 1.807) is 30.3 Å². The first-order chi connectivity index (χ1) is 15.0. The first-order valence-corrected chi connectivity index (χ1v) is 10.5. The van der Waals surface area contributed by atoms with Crippen LogP contribution in [0.15, 0.2) is 52.0 Å². The van der Waals surface area contributed by atoms with Crippen LogP contribution >= 0.6 is 27.3 Å². The summed E-state index contributed by atoms with van der Waals surface area (Å²) in [7, 11) is 0. The van der Waals surface area contributed by atoms with E-state index in [9.17, 15) is 9.59 Å². The topological polar surface area (TPSA) is 127 Å². The van der Waals surface area contributed by atoms with Crippen LogP contribution in [0.4, 0.5) is 15.6 Å². The Bertz CT molecular complexity index is 1130. The monoisotopic (exact) mass is 502 g/mol. The lowest BCUT2D eigenvalue weighted by atomic mass is 10.2. The van der Waals surface area contributed by atoms with Crippen molar-refractivity contribution in [1.82, 2.24) is 15.6 Å². The summed E-state index contributed by atoms with van der Waals surface area (Å²) in [6.45, 7) is 0.192. The summed E-state index contributed by atoms with van der Waals surface area (Å²) in [5.74, 6) is 0.944. The van der Waals surface area contributed by atoms with Crippen LogP contribution in [-0.2, 0) is 11.2 Å². The Balaban J connectivity index is 1.24.